The monoisotopic (exact) mass is 387 g/mol. The van der Waals surface area contributed by atoms with Crippen molar-refractivity contribution in [2.75, 3.05) is 13.1 Å². The van der Waals surface area contributed by atoms with E-state index in [-0.39, 0.29) is 11.8 Å². The molecule has 1 aliphatic carbocycles. The summed E-state index contributed by atoms with van der Waals surface area (Å²) in [6.07, 6.45) is 3.76. The summed E-state index contributed by atoms with van der Waals surface area (Å²) in [5, 5.41) is 2.93. The molecule has 1 aromatic heterocycles. The number of hydrogen-bond acceptors (Lipinski definition) is 5. The van der Waals surface area contributed by atoms with Gasteiger partial charge in [-0.25, -0.2) is 8.42 Å². The number of nitrogens with two attached hydrogens (primary N) is 1. The molecule has 0 spiro atoms. The number of nitrogens with zero attached hydrogens (tertiary/aromatic N) is 1. The molecule has 8 heteroatoms. The van der Waals surface area contributed by atoms with Crippen LogP contribution in [0.4, 0.5) is 0 Å². The van der Waals surface area contributed by atoms with Crippen molar-refractivity contribution < 1.29 is 13.2 Å². The Hall–Kier alpha value is -0.960. The van der Waals surface area contributed by atoms with Crippen molar-refractivity contribution in [3.8, 4) is 0 Å². The van der Waals surface area contributed by atoms with Crippen LogP contribution in [0.1, 0.15) is 51.3 Å². The summed E-state index contributed by atoms with van der Waals surface area (Å²) < 4.78 is 26.8. The first kappa shape index (κ1) is 20.4. The third-order valence-corrected chi connectivity index (χ3v) is 8.55. The summed E-state index contributed by atoms with van der Waals surface area (Å²) >= 11 is 1.21. The zero-order chi connectivity index (χ0) is 18.7. The van der Waals surface area contributed by atoms with Crippen LogP contribution in [0.5, 0.6) is 0 Å². The maximum atomic E-state index is 12.5. The molecule has 25 heavy (non-hydrogen) atoms. The molecule has 2 unspecified atom stereocenters. The lowest BCUT2D eigenvalue weighted by molar-refractivity contribution is -0.128. The molecule has 0 radical (unpaired) electrons. The Morgan fingerprint density at radius 2 is 2.04 bits per heavy atom. The minimum Gasteiger partial charge on any atom is -0.351 e. The third-order valence-electron chi connectivity index (χ3n) is 4.94. The molecule has 0 bridgehead atoms. The van der Waals surface area contributed by atoms with Crippen molar-refractivity contribution in [1.82, 2.24) is 9.62 Å². The molecule has 0 aromatic carbocycles. The largest absolute Gasteiger partial charge is 0.351 e. The Balaban J connectivity index is 2.01. The molecule has 3 N–H and O–H groups in total. The molecule has 2 atom stereocenters. The molecule has 1 heterocycles. The van der Waals surface area contributed by atoms with Crippen molar-refractivity contribution in [3.63, 3.8) is 0 Å². The summed E-state index contributed by atoms with van der Waals surface area (Å²) in [6, 6.07) is 3.39. The molecule has 0 saturated heterocycles. The van der Waals surface area contributed by atoms with E-state index in [4.69, 9.17) is 5.73 Å². The van der Waals surface area contributed by atoms with Gasteiger partial charge >= 0.3 is 0 Å². The van der Waals surface area contributed by atoms with Crippen LogP contribution in [-0.2, 0) is 21.4 Å². The van der Waals surface area contributed by atoms with Gasteiger partial charge in [-0.3, -0.25) is 4.79 Å². The number of hydrogen-bond donors (Lipinski definition) is 2. The SMILES string of the molecule is CCN(CC)S(=O)(=O)c1ccc(CNC(=O)C2CCCCC2(C)N)s1. The summed E-state index contributed by atoms with van der Waals surface area (Å²) in [4.78, 5) is 13.3. The smallest absolute Gasteiger partial charge is 0.252 e. The minimum atomic E-state index is -3.44. The fraction of sp³-hybridized carbons (Fsp3) is 0.706. The molecule has 1 aromatic rings. The quantitative estimate of drug-likeness (QED) is 0.751. The molecule has 0 aliphatic heterocycles. The Morgan fingerprint density at radius 3 is 2.64 bits per heavy atom. The Kier molecular flexibility index (Phi) is 6.64. The zero-order valence-corrected chi connectivity index (χ0v) is 16.9. The van der Waals surface area contributed by atoms with Crippen LogP contribution in [0.15, 0.2) is 16.3 Å². The lowest BCUT2D eigenvalue weighted by Gasteiger charge is -2.37. The second-order valence-corrected chi connectivity index (χ2v) is 10.2. The van der Waals surface area contributed by atoms with E-state index in [0.717, 1.165) is 30.6 Å². The average Bonchev–Trinajstić information content (AvgIpc) is 3.03. The maximum absolute atomic E-state index is 12.5. The molecule has 1 fully saturated rings. The standard InChI is InChI=1S/C17H29N3O3S2/c1-4-20(5-2)25(22,23)15-10-9-13(24-15)12-19-16(21)14-8-6-7-11-17(14,3)18/h9-10,14H,4-8,11-12,18H2,1-3H3,(H,19,21). The lowest BCUT2D eigenvalue weighted by Crippen LogP contribution is -2.52. The third kappa shape index (κ3) is 4.61. The lowest BCUT2D eigenvalue weighted by atomic mass is 9.74. The van der Waals surface area contributed by atoms with Crippen LogP contribution < -0.4 is 11.1 Å². The number of amides is 1. The summed E-state index contributed by atoms with van der Waals surface area (Å²) in [5.41, 5.74) is 5.81. The van der Waals surface area contributed by atoms with Crippen LogP contribution in [0.2, 0.25) is 0 Å². The molecule has 1 amide bonds. The second kappa shape index (κ2) is 8.16. The maximum Gasteiger partial charge on any atom is 0.252 e. The number of nitrogens with one attached hydrogen (secondary N) is 1. The molecule has 1 aliphatic rings. The van der Waals surface area contributed by atoms with E-state index >= 15 is 0 Å². The van der Waals surface area contributed by atoms with Crippen molar-refractivity contribution in [3.05, 3.63) is 17.0 Å². The predicted molar refractivity (Wildman–Crippen MR) is 101 cm³/mol. The number of rotatable bonds is 7. The predicted octanol–water partition coefficient (Wildman–Crippen LogP) is 2.30. The number of sulfonamides is 1. The van der Waals surface area contributed by atoms with Crippen molar-refractivity contribution in [2.45, 2.75) is 62.7 Å². The van der Waals surface area contributed by atoms with Crippen molar-refractivity contribution in [2.24, 2.45) is 11.7 Å². The average molecular weight is 388 g/mol. The van der Waals surface area contributed by atoms with Crippen LogP contribution >= 0.6 is 11.3 Å². The number of thiophene rings is 1. The van der Waals surface area contributed by atoms with E-state index in [1.807, 2.05) is 20.8 Å². The second-order valence-electron chi connectivity index (χ2n) is 6.83. The molecule has 1 saturated carbocycles. The summed E-state index contributed by atoms with van der Waals surface area (Å²) in [5.74, 6) is -0.216. The van der Waals surface area contributed by atoms with Gasteiger partial charge in [0.05, 0.1) is 12.5 Å². The van der Waals surface area contributed by atoms with Crippen LogP contribution in [-0.4, -0.2) is 37.3 Å². The first-order valence-corrected chi connectivity index (χ1v) is 11.1. The highest BCUT2D eigenvalue weighted by molar-refractivity contribution is 7.91. The number of carbonyl (C=O) groups excluding carboxylic acids is 1. The van der Waals surface area contributed by atoms with Gasteiger partial charge in [-0.1, -0.05) is 26.7 Å². The van der Waals surface area contributed by atoms with Gasteiger partial charge in [-0.05, 0) is 31.9 Å². The normalized spacial score (nSPS) is 24.4. The van der Waals surface area contributed by atoms with E-state index in [2.05, 4.69) is 5.32 Å². The fourth-order valence-corrected chi connectivity index (χ4v) is 6.28. The first-order chi connectivity index (χ1) is 11.7. The topological polar surface area (TPSA) is 92.5 Å². The molecular formula is C17H29N3O3S2. The van der Waals surface area contributed by atoms with Crippen molar-refractivity contribution in [1.29, 1.82) is 0 Å². The van der Waals surface area contributed by atoms with Gasteiger partial charge in [-0.15, -0.1) is 11.3 Å². The van der Waals surface area contributed by atoms with Gasteiger partial charge in [-0.2, -0.15) is 4.31 Å². The van der Waals surface area contributed by atoms with Gasteiger partial charge in [0.2, 0.25) is 5.91 Å². The Morgan fingerprint density at radius 1 is 1.36 bits per heavy atom. The van der Waals surface area contributed by atoms with Crippen LogP contribution in [0.25, 0.3) is 0 Å². The van der Waals surface area contributed by atoms with Gasteiger partial charge in [0.1, 0.15) is 4.21 Å². The molecule has 6 nitrogen and oxygen atoms in total. The van der Waals surface area contributed by atoms with Crippen LogP contribution in [0.3, 0.4) is 0 Å². The highest BCUT2D eigenvalue weighted by Gasteiger charge is 2.37. The van der Waals surface area contributed by atoms with E-state index in [9.17, 15) is 13.2 Å². The fourth-order valence-electron chi connectivity index (χ4n) is 3.37. The highest BCUT2D eigenvalue weighted by atomic mass is 32.2. The van der Waals surface area contributed by atoms with Gasteiger partial charge in [0.25, 0.3) is 10.0 Å². The molecule has 142 valence electrons. The van der Waals surface area contributed by atoms with Gasteiger partial charge in [0, 0.05) is 23.5 Å². The van der Waals surface area contributed by atoms with Crippen LogP contribution in [0, 0.1) is 5.92 Å². The molecular weight excluding hydrogens is 358 g/mol. The summed E-state index contributed by atoms with van der Waals surface area (Å²) in [7, 11) is -3.44. The Labute approximate surface area is 154 Å². The van der Waals surface area contributed by atoms with E-state index < -0.39 is 15.6 Å². The number of carbonyl (C=O) groups is 1. The van der Waals surface area contributed by atoms with E-state index in [1.165, 1.54) is 15.6 Å². The minimum absolute atomic E-state index is 0.0359. The van der Waals surface area contributed by atoms with Crippen molar-refractivity contribution >= 4 is 27.3 Å². The van der Waals surface area contributed by atoms with Gasteiger partial charge < -0.3 is 11.1 Å². The molecule has 2 rings (SSSR count). The first-order valence-electron chi connectivity index (χ1n) is 8.87. The summed E-state index contributed by atoms with van der Waals surface area (Å²) in [6.45, 7) is 6.81. The Bertz CT molecular complexity index is 694. The zero-order valence-electron chi connectivity index (χ0n) is 15.2. The van der Waals surface area contributed by atoms with E-state index in [1.54, 1.807) is 12.1 Å². The van der Waals surface area contributed by atoms with E-state index in [0.29, 0.717) is 23.8 Å². The highest BCUT2D eigenvalue weighted by Crippen LogP contribution is 2.32. The van der Waals surface area contributed by atoms with Gasteiger partial charge in [0.15, 0.2) is 0 Å².